The number of nitrogens with two attached hydrogens (primary N) is 1. The summed E-state index contributed by atoms with van der Waals surface area (Å²) in [7, 11) is 0. The van der Waals surface area contributed by atoms with Crippen LogP contribution in [0.5, 0.6) is 0 Å². The van der Waals surface area contributed by atoms with E-state index in [0.717, 1.165) is 18.2 Å². The van der Waals surface area contributed by atoms with Gasteiger partial charge < -0.3 is 11.1 Å². The van der Waals surface area contributed by atoms with Crippen molar-refractivity contribution in [1.82, 2.24) is 5.32 Å². The van der Waals surface area contributed by atoms with Crippen molar-refractivity contribution in [3.63, 3.8) is 0 Å². The zero-order valence-corrected chi connectivity index (χ0v) is 9.41. The number of thioether (sulfide) groups is 1. The highest BCUT2D eigenvalue weighted by molar-refractivity contribution is 7.98. The Morgan fingerprint density at radius 1 is 1.38 bits per heavy atom. The highest BCUT2D eigenvalue weighted by Crippen LogP contribution is 2.22. The summed E-state index contributed by atoms with van der Waals surface area (Å²) in [4.78, 5) is 0. The van der Waals surface area contributed by atoms with Crippen LogP contribution in [-0.4, -0.2) is 24.7 Å². The van der Waals surface area contributed by atoms with Crippen LogP contribution in [0, 0.1) is 5.92 Å². The SMILES string of the molecule is CSCC(N)NCC1CCCCC1. The number of hydrogen-bond donors (Lipinski definition) is 2. The maximum Gasteiger partial charge on any atom is 0.0639 e. The minimum Gasteiger partial charge on any atom is -0.315 e. The second-order valence-corrected chi connectivity index (χ2v) is 4.88. The van der Waals surface area contributed by atoms with E-state index in [1.54, 1.807) is 0 Å². The Hall–Kier alpha value is 0.270. The predicted molar refractivity (Wildman–Crippen MR) is 60.9 cm³/mol. The highest BCUT2D eigenvalue weighted by atomic mass is 32.2. The lowest BCUT2D eigenvalue weighted by molar-refractivity contribution is 0.332. The number of rotatable bonds is 5. The van der Waals surface area contributed by atoms with Crippen LogP contribution in [-0.2, 0) is 0 Å². The van der Waals surface area contributed by atoms with E-state index < -0.39 is 0 Å². The molecule has 1 fully saturated rings. The maximum atomic E-state index is 5.87. The van der Waals surface area contributed by atoms with E-state index in [1.165, 1.54) is 32.1 Å². The van der Waals surface area contributed by atoms with Crippen LogP contribution in [0.1, 0.15) is 32.1 Å². The van der Waals surface area contributed by atoms with Gasteiger partial charge in [0.15, 0.2) is 0 Å². The lowest BCUT2D eigenvalue weighted by Gasteiger charge is -2.23. The van der Waals surface area contributed by atoms with Gasteiger partial charge in [0.25, 0.3) is 0 Å². The van der Waals surface area contributed by atoms with Crippen molar-refractivity contribution in [1.29, 1.82) is 0 Å². The minimum atomic E-state index is 0.192. The summed E-state index contributed by atoms with van der Waals surface area (Å²) in [5.74, 6) is 1.91. The predicted octanol–water partition coefficient (Wildman–Crippen LogP) is 1.80. The molecule has 1 aliphatic carbocycles. The van der Waals surface area contributed by atoms with E-state index in [2.05, 4.69) is 11.6 Å². The second-order valence-electron chi connectivity index (χ2n) is 3.97. The Morgan fingerprint density at radius 3 is 2.69 bits per heavy atom. The highest BCUT2D eigenvalue weighted by Gasteiger charge is 2.13. The van der Waals surface area contributed by atoms with Crippen molar-refractivity contribution in [2.45, 2.75) is 38.3 Å². The summed E-state index contributed by atoms with van der Waals surface area (Å²) in [6, 6.07) is 0. The molecule has 3 heteroatoms. The molecule has 1 unspecified atom stereocenters. The van der Waals surface area contributed by atoms with Gasteiger partial charge in [0, 0.05) is 5.75 Å². The molecular weight excluding hydrogens is 180 g/mol. The Bertz CT molecular complexity index is 124. The molecule has 0 radical (unpaired) electrons. The van der Waals surface area contributed by atoms with Crippen molar-refractivity contribution in [2.75, 3.05) is 18.6 Å². The van der Waals surface area contributed by atoms with Gasteiger partial charge in [-0.2, -0.15) is 11.8 Å². The smallest absolute Gasteiger partial charge is 0.0639 e. The third kappa shape index (κ3) is 4.89. The van der Waals surface area contributed by atoms with Crippen LogP contribution in [0.25, 0.3) is 0 Å². The molecule has 1 saturated carbocycles. The zero-order chi connectivity index (χ0) is 9.52. The largest absolute Gasteiger partial charge is 0.315 e. The molecule has 3 N–H and O–H groups in total. The van der Waals surface area contributed by atoms with Crippen LogP contribution in [0.4, 0.5) is 0 Å². The molecule has 1 rings (SSSR count). The summed E-state index contributed by atoms with van der Waals surface area (Å²) in [5.41, 5.74) is 5.87. The monoisotopic (exact) mass is 202 g/mol. The summed E-state index contributed by atoms with van der Waals surface area (Å²) in [5, 5.41) is 3.41. The molecule has 0 aromatic heterocycles. The molecule has 0 saturated heterocycles. The van der Waals surface area contributed by atoms with E-state index in [9.17, 15) is 0 Å². The molecule has 1 atom stereocenters. The number of hydrogen-bond acceptors (Lipinski definition) is 3. The fraction of sp³-hybridized carbons (Fsp3) is 1.00. The number of nitrogens with one attached hydrogen (secondary N) is 1. The fourth-order valence-electron chi connectivity index (χ4n) is 1.95. The summed E-state index contributed by atoms with van der Waals surface area (Å²) < 4.78 is 0. The van der Waals surface area contributed by atoms with Gasteiger partial charge in [0.2, 0.25) is 0 Å². The molecule has 0 aromatic rings. The molecule has 0 heterocycles. The topological polar surface area (TPSA) is 38.0 Å². The van der Waals surface area contributed by atoms with Gasteiger partial charge >= 0.3 is 0 Å². The Labute approximate surface area is 86.0 Å². The molecule has 1 aliphatic rings. The first kappa shape index (κ1) is 11.3. The molecule has 13 heavy (non-hydrogen) atoms. The Balaban J connectivity index is 2.03. The van der Waals surface area contributed by atoms with Crippen LogP contribution in [0.15, 0.2) is 0 Å². The molecule has 2 nitrogen and oxygen atoms in total. The van der Waals surface area contributed by atoms with Crippen molar-refractivity contribution in [3.8, 4) is 0 Å². The minimum absolute atomic E-state index is 0.192. The standard InChI is InChI=1S/C10H22N2S/c1-13-8-10(11)12-7-9-5-3-2-4-6-9/h9-10,12H,2-8,11H2,1H3. The van der Waals surface area contributed by atoms with Crippen molar-refractivity contribution in [2.24, 2.45) is 11.7 Å². The van der Waals surface area contributed by atoms with Gasteiger partial charge in [0.05, 0.1) is 6.17 Å². The maximum absolute atomic E-state index is 5.87. The van der Waals surface area contributed by atoms with Gasteiger partial charge in [-0.15, -0.1) is 0 Å². The summed E-state index contributed by atoms with van der Waals surface area (Å²) in [6.07, 6.45) is 9.37. The first-order valence-electron chi connectivity index (χ1n) is 5.31. The lowest BCUT2D eigenvalue weighted by atomic mass is 9.89. The molecule has 0 aliphatic heterocycles. The van der Waals surface area contributed by atoms with Crippen molar-refractivity contribution in [3.05, 3.63) is 0 Å². The third-order valence-electron chi connectivity index (χ3n) is 2.74. The van der Waals surface area contributed by atoms with Crippen LogP contribution < -0.4 is 11.1 Å². The van der Waals surface area contributed by atoms with E-state index in [-0.39, 0.29) is 6.17 Å². The van der Waals surface area contributed by atoms with Crippen molar-refractivity contribution >= 4 is 11.8 Å². The molecule has 0 spiro atoms. The van der Waals surface area contributed by atoms with Gasteiger partial charge in [-0.25, -0.2) is 0 Å². The molecule has 0 bridgehead atoms. The van der Waals surface area contributed by atoms with E-state index >= 15 is 0 Å². The summed E-state index contributed by atoms with van der Waals surface area (Å²) in [6.45, 7) is 1.13. The Kier molecular flexibility index (Phi) is 5.83. The average Bonchev–Trinajstić information content (AvgIpc) is 2.17. The zero-order valence-electron chi connectivity index (χ0n) is 8.59. The molecule has 0 amide bonds. The lowest BCUT2D eigenvalue weighted by Crippen LogP contribution is -2.42. The quantitative estimate of drug-likeness (QED) is 0.668. The molecule has 78 valence electrons. The molecular formula is C10H22N2S. The first-order valence-corrected chi connectivity index (χ1v) is 6.70. The van der Waals surface area contributed by atoms with Gasteiger partial charge in [0.1, 0.15) is 0 Å². The van der Waals surface area contributed by atoms with E-state index in [1.807, 2.05) is 11.8 Å². The van der Waals surface area contributed by atoms with Gasteiger partial charge in [-0.1, -0.05) is 19.3 Å². The Morgan fingerprint density at radius 2 is 2.08 bits per heavy atom. The van der Waals surface area contributed by atoms with E-state index in [4.69, 9.17) is 5.73 Å². The first-order chi connectivity index (χ1) is 6.33. The fourth-order valence-corrected chi connectivity index (χ4v) is 2.42. The summed E-state index contributed by atoms with van der Waals surface area (Å²) >= 11 is 1.81. The van der Waals surface area contributed by atoms with Gasteiger partial charge in [-0.3, -0.25) is 0 Å². The normalized spacial score (nSPS) is 21.7. The van der Waals surface area contributed by atoms with Crippen molar-refractivity contribution < 1.29 is 0 Å². The third-order valence-corrected chi connectivity index (χ3v) is 3.43. The van der Waals surface area contributed by atoms with Gasteiger partial charge in [-0.05, 0) is 31.6 Å². The van der Waals surface area contributed by atoms with Crippen LogP contribution in [0.2, 0.25) is 0 Å². The van der Waals surface area contributed by atoms with E-state index in [0.29, 0.717) is 0 Å². The van der Waals surface area contributed by atoms with Crippen LogP contribution in [0.3, 0.4) is 0 Å². The average molecular weight is 202 g/mol. The second kappa shape index (κ2) is 6.68. The van der Waals surface area contributed by atoms with Crippen LogP contribution >= 0.6 is 11.8 Å². The molecule has 0 aromatic carbocycles.